The standard InChI is InChI=1S/C10H13N.C2H6/c1-2-9-7-8-5-3-4-6-10(8)11-9;1-2/h3,5,7,11H,2,4,6H2,1H3;1-2H3. The number of allylic oxidation sites excluding steroid dienone is 1. The summed E-state index contributed by atoms with van der Waals surface area (Å²) >= 11 is 0. The van der Waals surface area contributed by atoms with Crippen molar-refractivity contribution in [2.24, 2.45) is 0 Å². The summed E-state index contributed by atoms with van der Waals surface area (Å²) in [5, 5.41) is 0. The molecule has 1 nitrogen and oxygen atoms in total. The fourth-order valence-electron chi connectivity index (χ4n) is 1.56. The van der Waals surface area contributed by atoms with Crippen LogP contribution in [0.5, 0.6) is 0 Å². The van der Waals surface area contributed by atoms with Gasteiger partial charge in [-0.05, 0) is 30.9 Å². The van der Waals surface area contributed by atoms with E-state index in [0.29, 0.717) is 0 Å². The zero-order chi connectivity index (χ0) is 9.68. The summed E-state index contributed by atoms with van der Waals surface area (Å²) in [5.74, 6) is 0. The number of hydrogen-bond donors (Lipinski definition) is 1. The fourth-order valence-corrected chi connectivity index (χ4v) is 1.56. The van der Waals surface area contributed by atoms with Crippen LogP contribution in [0.1, 0.15) is 44.1 Å². The monoisotopic (exact) mass is 177 g/mol. The predicted molar refractivity (Wildman–Crippen MR) is 58.9 cm³/mol. The highest BCUT2D eigenvalue weighted by molar-refractivity contribution is 5.55. The molecule has 0 saturated heterocycles. The van der Waals surface area contributed by atoms with E-state index < -0.39 is 0 Å². The topological polar surface area (TPSA) is 15.8 Å². The Morgan fingerprint density at radius 1 is 1.38 bits per heavy atom. The van der Waals surface area contributed by atoms with Crippen LogP contribution in [0.2, 0.25) is 0 Å². The van der Waals surface area contributed by atoms with E-state index in [2.05, 4.69) is 30.1 Å². The van der Waals surface area contributed by atoms with E-state index in [1.54, 1.807) is 0 Å². The van der Waals surface area contributed by atoms with E-state index in [9.17, 15) is 0 Å². The molecule has 0 fully saturated rings. The quantitative estimate of drug-likeness (QED) is 0.675. The minimum Gasteiger partial charge on any atom is -0.362 e. The number of aromatic amines is 1. The molecule has 1 N–H and O–H groups in total. The van der Waals surface area contributed by atoms with Crippen molar-refractivity contribution in [3.05, 3.63) is 29.1 Å². The molecule has 0 spiro atoms. The van der Waals surface area contributed by atoms with Gasteiger partial charge in [0, 0.05) is 11.4 Å². The Bertz CT molecular complexity index is 281. The van der Waals surface area contributed by atoms with Gasteiger partial charge in [0.2, 0.25) is 0 Å². The maximum atomic E-state index is 3.43. The van der Waals surface area contributed by atoms with Crippen LogP contribution < -0.4 is 0 Å². The molecule has 0 radical (unpaired) electrons. The van der Waals surface area contributed by atoms with Gasteiger partial charge in [-0.1, -0.05) is 32.9 Å². The Morgan fingerprint density at radius 2 is 2.15 bits per heavy atom. The van der Waals surface area contributed by atoms with Gasteiger partial charge in [-0.25, -0.2) is 0 Å². The molecule has 0 aliphatic heterocycles. The number of aryl methyl sites for hydroxylation is 2. The van der Waals surface area contributed by atoms with E-state index in [0.717, 1.165) is 6.42 Å². The van der Waals surface area contributed by atoms with E-state index in [4.69, 9.17) is 0 Å². The molecule has 1 heteroatoms. The van der Waals surface area contributed by atoms with Crippen LogP contribution in [0.4, 0.5) is 0 Å². The van der Waals surface area contributed by atoms with Gasteiger partial charge in [-0.15, -0.1) is 0 Å². The first kappa shape index (κ1) is 10.1. The average Bonchev–Trinajstić information content (AvgIpc) is 2.63. The molecule has 0 bridgehead atoms. The largest absolute Gasteiger partial charge is 0.362 e. The molecule has 0 unspecified atom stereocenters. The molecule has 1 aromatic heterocycles. The molecule has 0 saturated carbocycles. The lowest BCUT2D eigenvalue weighted by molar-refractivity contribution is 0.924. The summed E-state index contributed by atoms with van der Waals surface area (Å²) < 4.78 is 0. The van der Waals surface area contributed by atoms with E-state index in [1.165, 1.54) is 29.8 Å². The van der Waals surface area contributed by atoms with Crippen molar-refractivity contribution in [1.29, 1.82) is 0 Å². The summed E-state index contributed by atoms with van der Waals surface area (Å²) in [4.78, 5) is 3.43. The Hall–Kier alpha value is -0.980. The van der Waals surface area contributed by atoms with Crippen molar-refractivity contribution in [1.82, 2.24) is 4.98 Å². The molecule has 0 aromatic carbocycles. The third-order valence-corrected chi connectivity index (χ3v) is 2.23. The van der Waals surface area contributed by atoms with Gasteiger partial charge in [-0.2, -0.15) is 0 Å². The molecular weight excluding hydrogens is 158 g/mol. The highest BCUT2D eigenvalue weighted by Gasteiger charge is 2.06. The van der Waals surface area contributed by atoms with Gasteiger partial charge in [0.25, 0.3) is 0 Å². The molecule has 2 rings (SSSR count). The Morgan fingerprint density at radius 3 is 2.77 bits per heavy atom. The van der Waals surface area contributed by atoms with E-state index in [-0.39, 0.29) is 0 Å². The van der Waals surface area contributed by atoms with Crippen LogP contribution in [-0.2, 0) is 12.8 Å². The molecule has 13 heavy (non-hydrogen) atoms. The van der Waals surface area contributed by atoms with Crippen molar-refractivity contribution in [3.8, 4) is 0 Å². The van der Waals surface area contributed by atoms with Crippen molar-refractivity contribution in [2.75, 3.05) is 0 Å². The second-order valence-electron chi connectivity index (χ2n) is 3.02. The summed E-state index contributed by atoms with van der Waals surface area (Å²) in [7, 11) is 0. The zero-order valence-corrected chi connectivity index (χ0v) is 8.85. The van der Waals surface area contributed by atoms with Crippen molar-refractivity contribution in [3.63, 3.8) is 0 Å². The minimum absolute atomic E-state index is 1.11. The number of H-pyrrole nitrogens is 1. The van der Waals surface area contributed by atoms with Crippen LogP contribution >= 0.6 is 0 Å². The smallest absolute Gasteiger partial charge is 0.0225 e. The Kier molecular flexibility index (Phi) is 3.81. The van der Waals surface area contributed by atoms with Gasteiger partial charge in [0.1, 0.15) is 0 Å². The maximum Gasteiger partial charge on any atom is 0.0225 e. The van der Waals surface area contributed by atoms with Gasteiger partial charge >= 0.3 is 0 Å². The van der Waals surface area contributed by atoms with Crippen LogP contribution in [0.15, 0.2) is 12.1 Å². The number of hydrogen-bond acceptors (Lipinski definition) is 0. The number of rotatable bonds is 1. The van der Waals surface area contributed by atoms with Gasteiger partial charge in [0.15, 0.2) is 0 Å². The first-order valence-corrected chi connectivity index (χ1v) is 5.27. The summed E-state index contributed by atoms with van der Waals surface area (Å²) in [6, 6.07) is 2.25. The summed E-state index contributed by atoms with van der Waals surface area (Å²) in [6.45, 7) is 6.18. The molecule has 0 atom stereocenters. The van der Waals surface area contributed by atoms with Crippen LogP contribution in [-0.4, -0.2) is 4.98 Å². The molecule has 72 valence electrons. The lowest BCUT2D eigenvalue weighted by Crippen LogP contribution is -1.90. The normalized spacial score (nSPS) is 13.2. The van der Waals surface area contributed by atoms with E-state index >= 15 is 0 Å². The molecule has 1 aliphatic carbocycles. The summed E-state index contributed by atoms with van der Waals surface area (Å²) in [6.07, 6.45) is 7.95. The van der Waals surface area contributed by atoms with E-state index in [1.807, 2.05) is 13.8 Å². The zero-order valence-electron chi connectivity index (χ0n) is 8.85. The Labute approximate surface area is 80.9 Å². The molecule has 1 aromatic rings. The summed E-state index contributed by atoms with van der Waals surface area (Å²) in [5.41, 5.74) is 4.18. The van der Waals surface area contributed by atoms with Crippen LogP contribution in [0.25, 0.3) is 6.08 Å². The fraction of sp³-hybridized carbons (Fsp3) is 0.500. The highest BCUT2D eigenvalue weighted by atomic mass is 14.7. The average molecular weight is 177 g/mol. The van der Waals surface area contributed by atoms with Crippen molar-refractivity contribution < 1.29 is 0 Å². The molecule has 1 heterocycles. The minimum atomic E-state index is 1.11. The highest BCUT2D eigenvalue weighted by Crippen LogP contribution is 2.19. The molecular formula is C12H19N. The van der Waals surface area contributed by atoms with Gasteiger partial charge < -0.3 is 4.98 Å². The van der Waals surface area contributed by atoms with Crippen LogP contribution in [0.3, 0.4) is 0 Å². The molecule has 1 aliphatic rings. The number of aromatic nitrogens is 1. The van der Waals surface area contributed by atoms with Crippen molar-refractivity contribution >= 4 is 6.08 Å². The second kappa shape index (κ2) is 4.90. The third-order valence-electron chi connectivity index (χ3n) is 2.23. The predicted octanol–water partition coefficient (Wildman–Crippen LogP) is 3.56. The van der Waals surface area contributed by atoms with Crippen molar-refractivity contribution in [2.45, 2.75) is 40.0 Å². The first-order valence-electron chi connectivity index (χ1n) is 5.27. The maximum absolute atomic E-state index is 3.43. The van der Waals surface area contributed by atoms with Crippen LogP contribution in [0, 0.1) is 0 Å². The number of nitrogens with one attached hydrogen (secondary N) is 1. The lowest BCUT2D eigenvalue weighted by Gasteiger charge is -2.02. The van der Waals surface area contributed by atoms with Gasteiger partial charge in [0.05, 0.1) is 0 Å². The second-order valence-corrected chi connectivity index (χ2v) is 3.02. The first-order chi connectivity index (χ1) is 6.40. The molecule has 0 amide bonds. The van der Waals surface area contributed by atoms with Gasteiger partial charge in [-0.3, -0.25) is 0 Å². The SMILES string of the molecule is CC.CCc1cc2c([nH]1)CCC=C2. The number of fused-ring (bicyclic) bond motifs is 1. The lowest BCUT2D eigenvalue weighted by atomic mass is 10.1. The Balaban J connectivity index is 0.000000396. The third kappa shape index (κ3) is 2.24.